The van der Waals surface area contributed by atoms with Crippen LogP contribution in [0.4, 0.5) is 0 Å². The van der Waals surface area contributed by atoms with Crippen LogP contribution in [0, 0.1) is 5.92 Å². The second-order valence-electron chi connectivity index (χ2n) is 3.26. The summed E-state index contributed by atoms with van der Waals surface area (Å²) < 4.78 is 0. The summed E-state index contributed by atoms with van der Waals surface area (Å²) in [6.07, 6.45) is 2.93. The van der Waals surface area contributed by atoms with Crippen molar-refractivity contribution in [1.29, 1.82) is 0 Å². The van der Waals surface area contributed by atoms with E-state index in [4.69, 9.17) is 0 Å². The van der Waals surface area contributed by atoms with Crippen LogP contribution in [0.5, 0.6) is 0 Å². The third kappa shape index (κ3) is 0.982. The van der Waals surface area contributed by atoms with E-state index in [1.165, 1.54) is 5.69 Å². The van der Waals surface area contributed by atoms with E-state index in [0.29, 0.717) is 5.92 Å². The molecule has 60 valence electrons. The van der Waals surface area contributed by atoms with Gasteiger partial charge in [0, 0.05) is 13.6 Å². The van der Waals surface area contributed by atoms with Crippen LogP contribution >= 0.6 is 0 Å². The summed E-state index contributed by atoms with van der Waals surface area (Å²) in [5.41, 5.74) is 1.21. The first-order valence-electron chi connectivity index (χ1n) is 3.88. The molecule has 0 radical (unpaired) electrons. The number of hydrogen-bond donors (Lipinski definition) is 0. The van der Waals surface area contributed by atoms with E-state index in [1.807, 2.05) is 18.0 Å². The summed E-state index contributed by atoms with van der Waals surface area (Å²) in [5.74, 6) is 0.714. The number of aromatic nitrogens is 3. The molecule has 0 spiro atoms. The fourth-order valence-electron chi connectivity index (χ4n) is 1.62. The van der Waals surface area contributed by atoms with E-state index < -0.39 is 0 Å². The van der Waals surface area contributed by atoms with Gasteiger partial charge in [0.2, 0.25) is 0 Å². The maximum absolute atomic E-state index is 3.96. The van der Waals surface area contributed by atoms with Crippen LogP contribution in [0.1, 0.15) is 12.6 Å². The van der Waals surface area contributed by atoms with Crippen LogP contribution < -0.4 is 5.01 Å². The average molecular weight is 152 g/mol. The third-order valence-electron chi connectivity index (χ3n) is 2.06. The molecule has 2 heterocycles. The van der Waals surface area contributed by atoms with Crippen LogP contribution in [0.3, 0.4) is 0 Å². The Bertz CT molecular complexity index is 255. The summed E-state index contributed by atoms with van der Waals surface area (Å²) in [7, 11) is 2.04. The Balaban J connectivity index is 2.36. The van der Waals surface area contributed by atoms with Crippen molar-refractivity contribution in [3.05, 3.63) is 11.9 Å². The summed E-state index contributed by atoms with van der Waals surface area (Å²) >= 11 is 0. The molecular formula is C7H12N4. The highest BCUT2D eigenvalue weighted by molar-refractivity contribution is 5.04. The molecule has 1 aliphatic rings. The van der Waals surface area contributed by atoms with Gasteiger partial charge in [0.1, 0.15) is 0 Å². The Labute approximate surface area is 65.8 Å². The molecule has 1 aromatic heterocycles. The van der Waals surface area contributed by atoms with Crippen molar-refractivity contribution in [2.75, 3.05) is 18.6 Å². The lowest BCUT2D eigenvalue weighted by Gasteiger charge is -2.29. The molecule has 0 saturated heterocycles. The van der Waals surface area contributed by atoms with E-state index in [9.17, 15) is 0 Å². The minimum absolute atomic E-state index is 0.714. The number of nitrogens with zero attached hydrogens (tertiary/aromatic N) is 4. The van der Waals surface area contributed by atoms with E-state index in [2.05, 4.69) is 22.2 Å². The first-order valence-corrected chi connectivity index (χ1v) is 3.88. The lowest BCUT2D eigenvalue weighted by molar-refractivity contribution is 0.410. The second kappa shape index (κ2) is 2.22. The minimum atomic E-state index is 0.714. The molecule has 1 unspecified atom stereocenters. The van der Waals surface area contributed by atoms with Crippen molar-refractivity contribution in [3.63, 3.8) is 0 Å². The summed E-state index contributed by atoms with van der Waals surface area (Å²) in [5, 5.41) is 9.92. The molecule has 1 aliphatic heterocycles. The zero-order chi connectivity index (χ0) is 7.84. The molecule has 4 heteroatoms. The summed E-state index contributed by atoms with van der Waals surface area (Å²) in [6.45, 7) is 3.31. The van der Waals surface area contributed by atoms with Gasteiger partial charge in [0.05, 0.1) is 11.9 Å². The Hall–Kier alpha value is -1.06. The Kier molecular flexibility index (Phi) is 1.34. The largest absolute Gasteiger partial charge is 0.298 e. The van der Waals surface area contributed by atoms with Crippen LogP contribution in [0.25, 0.3) is 0 Å². The second-order valence-corrected chi connectivity index (χ2v) is 3.26. The molecule has 0 aromatic carbocycles. The fourth-order valence-corrected chi connectivity index (χ4v) is 1.62. The highest BCUT2D eigenvalue weighted by Gasteiger charge is 2.19. The predicted molar refractivity (Wildman–Crippen MR) is 41.9 cm³/mol. The molecule has 0 fully saturated rings. The van der Waals surface area contributed by atoms with Crippen molar-refractivity contribution in [1.82, 2.24) is 15.1 Å². The van der Waals surface area contributed by atoms with Crippen molar-refractivity contribution in [3.8, 4) is 0 Å². The maximum atomic E-state index is 3.96. The van der Waals surface area contributed by atoms with Gasteiger partial charge in [-0.1, -0.05) is 6.92 Å². The Morgan fingerprint density at radius 1 is 1.64 bits per heavy atom. The molecule has 4 nitrogen and oxygen atoms in total. The van der Waals surface area contributed by atoms with Gasteiger partial charge in [-0.15, -0.1) is 5.10 Å². The van der Waals surface area contributed by atoms with Crippen LogP contribution in [-0.2, 0) is 6.42 Å². The zero-order valence-corrected chi connectivity index (χ0v) is 6.86. The van der Waals surface area contributed by atoms with Gasteiger partial charge >= 0.3 is 0 Å². The first kappa shape index (κ1) is 6.64. The minimum Gasteiger partial charge on any atom is -0.298 e. The van der Waals surface area contributed by atoms with Gasteiger partial charge in [0.25, 0.3) is 0 Å². The summed E-state index contributed by atoms with van der Waals surface area (Å²) in [4.78, 5) is 1.88. The van der Waals surface area contributed by atoms with Gasteiger partial charge in [-0.3, -0.25) is 5.01 Å². The van der Waals surface area contributed by atoms with Crippen molar-refractivity contribution in [2.24, 2.45) is 5.92 Å². The van der Waals surface area contributed by atoms with E-state index in [1.54, 1.807) is 0 Å². The smallest absolute Gasteiger partial charge is 0.0828 e. The molecule has 0 aliphatic carbocycles. The van der Waals surface area contributed by atoms with E-state index in [-0.39, 0.29) is 0 Å². The molecule has 11 heavy (non-hydrogen) atoms. The third-order valence-corrected chi connectivity index (χ3v) is 2.06. The molecule has 0 saturated carbocycles. The highest BCUT2D eigenvalue weighted by Crippen LogP contribution is 2.13. The van der Waals surface area contributed by atoms with Crippen molar-refractivity contribution in [2.45, 2.75) is 13.3 Å². The topological polar surface area (TPSA) is 34.0 Å². The van der Waals surface area contributed by atoms with Gasteiger partial charge in [-0.05, 0) is 17.6 Å². The van der Waals surface area contributed by atoms with Crippen LogP contribution in [0.2, 0.25) is 0 Å². The molecule has 1 aromatic rings. The lowest BCUT2D eigenvalue weighted by atomic mass is 10.0. The van der Waals surface area contributed by atoms with Gasteiger partial charge in [-0.25, -0.2) is 0 Å². The standard InChI is InChI=1S/C7H12N4/c1-6-3-7-4-8-9-11(7)10(2)5-6/h4,6H,3,5H2,1-2H3. The SMILES string of the molecule is CC1Cc2cnnn2N(C)C1. The number of fused-ring (bicyclic) bond motifs is 1. The average Bonchev–Trinajstić information content (AvgIpc) is 2.34. The Morgan fingerprint density at radius 3 is 3.27 bits per heavy atom. The molecule has 0 N–H and O–H groups in total. The number of hydrogen-bond acceptors (Lipinski definition) is 3. The van der Waals surface area contributed by atoms with Crippen LogP contribution in [0.15, 0.2) is 6.20 Å². The maximum Gasteiger partial charge on any atom is 0.0828 e. The van der Waals surface area contributed by atoms with E-state index >= 15 is 0 Å². The molecule has 0 amide bonds. The van der Waals surface area contributed by atoms with E-state index in [0.717, 1.165) is 13.0 Å². The lowest BCUT2D eigenvalue weighted by Crippen LogP contribution is -2.41. The summed E-state index contributed by atoms with van der Waals surface area (Å²) in [6, 6.07) is 0. The van der Waals surface area contributed by atoms with Gasteiger partial charge in [-0.2, -0.15) is 4.79 Å². The Morgan fingerprint density at radius 2 is 2.45 bits per heavy atom. The predicted octanol–water partition coefficient (Wildman–Crippen LogP) is 0.0381. The fraction of sp³-hybridized carbons (Fsp3) is 0.714. The molecule has 0 bridgehead atoms. The molecule has 2 rings (SSSR count). The zero-order valence-electron chi connectivity index (χ0n) is 6.86. The quantitative estimate of drug-likeness (QED) is 0.526. The van der Waals surface area contributed by atoms with Crippen LogP contribution in [-0.4, -0.2) is 28.7 Å². The number of rotatable bonds is 0. The van der Waals surface area contributed by atoms with Crippen molar-refractivity contribution >= 4 is 0 Å². The molecule has 1 atom stereocenters. The first-order chi connectivity index (χ1) is 5.27. The molecular weight excluding hydrogens is 140 g/mol. The van der Waals surface area contributed by atoms with Crippen molar-refractivity contribution < 1.29 is 0 Å². The normalized spacial score (nSPS) is 23.5. The van der Waals surface area contributed by atoms with Gasteiger partial charge < -0.3 is 0 Å². The van der Waals surface area contributed by atoms with Gasteiger partial charge in [0.15, 0.2) is 0 Å². The highest BCUT2D eigenvalue weighted by atomic mass is 15.7. The monoisotopic (exact) mass is 152 g/mol.